The van der Waals surface area contributed by atoms with E-state index in [4.69, 9.17) is 15.2 Å². The second-order valence-electron chi connectivity index (χ2n) is 19.3. The van der Waals surface area contributed by atoms with Crippen LogP contribution in [0.1, 0.15) is 134 Å². The number of aliphatic hydroxyl groups excluding tert-OH is 3. The number of nitrogens with zero attached hydrogens (tertiary/aromatic N) is 1. The molecule has 10 atom stereocenters. The molecule has 326 valence electrons. The van der Waals surface area contributed by atoms with E-state index in [0.717, 1.165) is 64.4 Å². The van der Waals surface area contributed by atoms with Gasteiger partial charge in [0, 0.05) is 67.2 Å². The number of aromatic nitrogens is 2. The van der Waals surface area contributed by atoms with Crippen LogP contribution in [0.3, 0.4) is 0 Å². The normalized spacial score (nSPS) is 30.4. The van der Waals surface area contributed by atoms with E-state index in [1.807, 2.05) is 18.2 Å². The van der Waals surface area contributed by atoms with Crippen molar-refractivity contribution in [2.45, 2.75) is 120 Å². The number of carbonyl (C=O) groups is 1. The maximum Gasteiger partial charge on any atom is 0.191 e. The summed E-state index contributed by atoms with van der Waals surface area (Å²) in [6, 6.07) is 7.23. The number of aryl methyl sites for hydroxylation is 1. The van der Waals surface area contributed by atoms with Gasteiger partial charge in [-0.3, -0.25) is 10.1 Å². The molecule has 11 nitrogen and oxygen atoms in total. The van der Waals surface area contributed by atoms with Gasteiger partial charge in [-0.1, -0.05) is 79.9 Å². The Morgan fingerprint density at radius 1 is 0.968 bits per heavy atom. The van der Waals surface area contributed by atoms with Crippen LogP contribution in [0.5, 0.6) is 17.2 Å². The third kappa shape index (κ3) is 7.10. The Bertz CT molecular complexity index is 2640. The third-order valence-electron chi connectivity index (χ3n) is 15.6. The first-order valence-electron chi connectivity index (χ1n) is 23.1. The first-order valence-corrected chi connectivity index (χ1v) is 23.1. The van der Waals surface area contributed by atoms with Gasteiger partial charge in [0.1, 0.15) is 23.7 Å². The van der Waals surface area contributed by atoms with Gasteiger partial charge in [0.15, 0.2) is 17.7 Å². The van der Waals surface area contributed by atoms with Crippen LogP contribution in [-0.2, 0) is 11.2 Å². The lowest BCUT2D eigenvalue weighted by Crippen LogP contribution is -2.39. The number of aromatic hydroxyl groups is 1. The van der Waals surface area contributed by atoms with Gasteiger partial charge in [-0.15, -0.1) is 0 Å². The highest BCUT2D eigenvalue weighted by atomic mass is 16.5. The molecule has 2 aromatic carbocycles. The molecule has 2 fully saturated rings. The van der Waals surface area contributed by atoms with Gasteiger partial charge in [-0.25, -0.2) is 0 Å². The molecule has 0 amide bonds. The first kappa shape index (κ1) is 40.5. The standard InChI is InChI=1S/C52H56N4O7/c53-50-37-14-13-36-42(58)16-15-40-51(56-27-39-38(26-54-41(39)28-56)34-11-9-32(25-55-50)48(37)49(34)36)63-47-22-31(43(59)24-46(47)62-20-19-52(40)17-3-4-18-52)7-10-33(57)23-45(61)35-12-8-30(21-44(35)60)29-5-1-2-6-29/h8-9,11-14,22,24,26-30,32,34-35,40,42,44-45,50-51,54-55,58-61H,1-7,10,17-18,21,23,25,53H2. The fourth-order valence-corrected chi connectivity index (χ4v) is 12.2. The summed E-state index contributed by atoms with van der Waals surface area (Å²) < 4.78 is 15.3. The number of carbonyl (C=O) groups excluding carboxylic acids is 1. The largest absolute Gasteiger partial charge is 0.508 e. The highest BCUT2D eigenvalue weighted by Crippen LogP contribution is 2.52. The second-order valence-corrected chi connectivity index (χ2v) is 19.3. The maximum absolute atomic E-state index is 13.4. The molecule has 4 aliphatic carbocycles. The minimum Gasteiger partial charge on any atom is -0.508 e. The number of allylic oxidation sites excluding steroid dienone is 2. The predicted molar refractivity (Wildman–Crippen MR) is 237 cm³/mol. The third-order valence-corrected chi connectivity index (χ3v) is 15.6. The lowest BCUT2D eigenvalue weighted by molar-refractivity contribution is -0.122. The van der Waals surface area contributed by atoms with Crippen LogP contribution in [0.4, 0.5) is 0 Å². The molecule has 3 aliphatic heterocycles. The van der Waals surface area contributed by atoms with Gasteiger partial charge in [0.25, 0.3) is 0 Å². The smallest absolute Gasteiger partial charge is 0.191 e. The number of benzene rings is 2. The van der Waals surface area contributed by atoms with Crippen molar-refractivity contribution in [3.05, 3.63) is 101 Å². The summed E-state index contributed by atoms with van der Waals surface area (Å²) in [5, 5.41) is 50.1. The zero-order valence-corrected chi connectivity index (χ0v) is 35.4. The number of Topliss-reactive ketones (excluding diaryl/α,β-unsaturated/α-hetero) is 1. The van der Waals surface area contributed by atoms with E-state index in [-0.39, 0.29) is 54.5 Å². The molecule has 2 saturated carbocycles. The number of nitrogens with one attached hydrogen (secondary N) is 2. The highest BCUT2D eigenvalue weighted by Gasteiger charge is 2.47. The van der Waals surface area contributed by atoms with Gasteiger partial charge < -0.3 is 45.2 Å². The minimum absolute atomic E-state index is 0.0524. The van der Waals surface area contributed by atoms with Crippen molar-refractivity contribution >= 4 is 16.7 Å². The molecule has 5 heterocycles. The Morgan fingerprint density at radius 3 is 2.62 bits per heavy atom. The first-order chi connectivity index (χ1) is 30.6. The Balaban J connectivity index is 0.921. The summed E-state index contributed by atoms with van der Waals surface area (Å²) in [4.78, 5) is 16.9. The SMILES string of the molecule is NC1NCC2C=CC3c4c(ccc1c42)C(O)C#CC1C(Oc2cc(CCC(=O)CC(O)C4C=CC(C5CCCC5)CC4O)c(O)cc2OC#CC12CCCC2)n1cc2[nH]cc3c2c1. The second kappa shape index (κ2) is 16.1. The van der Waals surface area contributed by atoms with Crippen molar-refractivity contribution in [2.75, 3.05) is 6.54 Å². The fraction of sp³-hybridized carbons (Fsp3) is 0.481. The van der Waals surface area contributed by atoms with E-state index in [1.54, 1.807) is 6.07 Å². The number of aromatic amines is 1. The van der Waals surface area contributed by atoms with Crippen LogP contribution in [0.15, 0.2) is 67.2 Å². The Hall–Kier alpha value is -5.27. The number of H-pyrrole nitrogens is 1. The molecular formula is C52H56N4O7. The highest BCUT2D eigenvalue weighted by molar-refractivity contribution is 5.85. The number of rotatable bonds is 7. The van der Waals surface area contributed by atoms with Crippen molar-refractivity contribution in [3.63, 3.8) is 0 Å². The molecule has 63 heavy (non-hydrogen) atoms. The molecule has 4 aromatic rings. The summed E-state index contributed by atoms with van der Waals surface area (Å²) in [6.07, 6.45) is 23.0. The molecular weight excluding hydrogens is 793 g/mol. The fourth-order valence-electron chi connectivity index (χ4n) is 12.2. The van der Waals surface area contributed by atoms with Crippen molar-refractivity contribution in [1.82, 2.24) is 14.9 Å². The topological polar surface area (TPSA) is 175 Å². The van der Waals surface area contributed by atoms with Crippen molar-refractivity contribution in [1.29, 1.82) is 0 Å². The number of ketones is 1. The van der Waals surface area contributed by atoms with E-state index in [1.165, 1.54) is 31.7 Å². The van der Waals surface area contributed by atoms with Gasteiger partial charge in [-0.05, 0) is 89.8 Å². The number of ether oxygens (including phenoxy) is 2. The molecule has 11 rings (SSSR count). The molecule has 2 aromatic heterocycles. The van der Waals surface area contributed by atoms with Crippen LogP contribution in [0.2, 0.25) is 0 Å². The Kier molecular flexibility index (Phi) is 10.3. The minimum atomic E-state index is -1.09. The molecule has 1 spiro atoms. The van der Waals surface area contributed by atoms with Gasteiger partial charge in [0.2, 0.25) is 0 Å². The van der Waals surface area contributed by atoms with E-state index < -0.39 is 41.8 Å². The number of fused-ring (bicyclic) bond motifs is 6. The molecule has 0 radical (unpaired) electrons. The molecule has 8 N–H and O–H groups in total. The van der Waals surface area contributed by atoms with Crippen LogP contribution >= 0.6 is 0 Å². The van der Waals surface area contributed by atoms with E-state index in [9.17, 15) is 25.2 Å². The molecule has 0 saturated heterocycles. The van der Waals surface area contributed by atoms with Crippen LogP contribution in [0, 0.1) is 53.0 Å². The maximum atomic E-state index is 13.4. The monoisotopic (exact) mass is 848 g/mol. The van der Waals surface area contributed by atoms with Crippen LogP contribution < -0.4 is 20.5 Å². The molecule has 11 heteroatoms. The van der Waals surface area contributed by atoms with Crippen LogP contribution in [0.25, 0.3) is 10.9 Å². The number of phenolic OH excluding ortho intramolecular Hbond substituents is 1. The molecule has 2 bridgehead atoms. The van der Waals surface area contributed by atoms with E-state index >= 15 is 0 Å². The number of hydrogen-bond donors (Lipinski definition) is 7. The lowest BCUT2D eigenvalue weighted by Gasteiger charge is -2.37. The van der Waals surface area contributed by atoms with E-state index in [0.29, 0.717) is 36.1 Å². The van der Waals surface area contributed by atoms with Gasteiger partial charge >= 0.3 is 0 Å². The Morgan fingerprint density at radius 2 is 1.79 bits per heavy atom. The van der Waals surface area contributed by atoms with Crippen molar-refractivity contribution < 1.29 is 34.7 Å². The summed E-state index contributed by atoms with van der Waals surface area (Å²) in [5.41, 5.74) is 12.5. The van der Waals surface area contributed by atoms with Gasteiger partial charge in [0.05, 0.1) is 35.2 Å². The zero-order chi connectivity index (χ0) is 43.0. The van der Waals surface area contributed by atoms with Crippen LogP contribution in [-0.4, -0.2) is 54.5 Å². The quantitative estimate of drug-likeness (QED) is 0.0751. The summed E-state index contributed by atoms with van der Waals surface area (Å²) in [5.74, 6) is 10.6. The van der Waals surface area contributed by atoms with Crippen molar-refractivity contribution in [3.8, 4) is 41.1 Å². The molecule has 10 unspecified atom stereocenters. The number of nitrogens with two attached hydrogens (primary N) is 1. The summed E-state index contributed by atoms with van der Waals surface area (Å²) >= 11 is 0. The lowest BCUT2D eigenvalue weighted by atomic mass is 9.71. The number of aliphatic hydroxyl groups is 3. The molecule has 7 aliphatic rings. The number of phenols is 1. The predicted octanol–water partition coefficient (Wildman–Crippen LogP) is 7.17. The summed E-state index contributed by atoms with van der Waals surface area (Å²) in [6.45, 7) is 0.711. The average molecular weight is 849 g/mol. The van der Waals surface area contributed by atoms with Crippen molar-refractivity contribution in [2.24, 2.45) is 34.8 Å². The van der Waals surface area contributed by atoms with Gasteiger partial charge in [-0.2, -0.15) is 0 Å². The summed E-state index contributed by atoms with van der Waals surface area (Å²) in [7, 11) is 0. The Labute approximate surface area is 367 Å². The zero-order valence-electron chi connectivity index (χ0n) is 35.4. The number of hydrogen-bond acceptors (Lipinski definition) is 9. The average Bonchev–Trinajstić information content (AvgIpc) is 4.11. The van der Waals surface area contributed by atoms with E-state index in [2.05, 4.69) is 75.6 Å².